The van der Waals surface area contributed by atoms with Crippen molar-refractivity contribution >= 4 is 17.7 Å². The number of hydrogen-bond donors (Lipinski definition) is 1. The highest BCUT2D eigenvalue weighted by Gasteiger charge is 2.17. The van der Waals surface area contributed by atoms with Crippen LogP contribution in [0.4, 0.5) is 4.39 Å². The Hall–Kier alpha value is -0.860. The van der Waals surface area contributed by atoms with Gasteiger partial charge in [0.2, 0.25) is 0 Å². The molecule has 0 aliphatic heterocycles. The van der Waals surface area contributed by atoms with Gasteiger partial charge in [0.15, 0.2) is 0 Å². The summed E-state index contributed by atoms with van der Waals surface area (Å²) >= 11 is 6.04. The molecule has 0 amide bonds. The normalized spacial score (nSPS) is 18.1. The number of benzene rings is 1. The van der Waals surface area contributed by atoms with Crippen LogP contribution in [0.2, 0.25) is 5.02 Å². The fraction of sp³-hybridized carbons (Fsp3) is 0.467. The zero-order valence-electron chi connectivity index (χ0n) is 10.5. The van der Waals surface area contributed by atoms with E-state index in [1.165, 1.54) is 25.3 Å². The SMILES string of the molecule is NCC(=Cc1c(F)cccc1Cl)C1CCCCC1. The minimum Gasteiger partial charge on any atom is -0.327 e. The van der Waals surface area contributed by atoms with E-state index in [1.807, 2.05) is 6.08 Å². The van der Waals surface area contributed by atoms with E-state index < -0.39 is 0 Å². The van der Waals surface area contributed by atoms with Crippen molar-refractivity contribution in [1.29, 1.82) is 0 Å². The molecule has 0 heterocycles. The summed E-state index contributed by atoms with van der Waals surface area (Å²) < 4.78 is 13.7. The Balaban J connectivity index is 2.28. The number of rotatable bonds is 3. The molecule has 0 saturated heterocycles. The number of hydrogen-bond acceptors (Lipinski definition) is 1. The van der Waals surface area contributed by atoms with Gasteiger partial charge in [0.05, 0.1) is 5.02 Å². The summed E-state index contributed by atoms with van der Waals surface area (Å²) in [5, 5.41) is 0.455. The fourth-order valence-electron chi connectivity index (χ4n) is 2.65. The molecule has 1 fully saturated rings. The zero-order valence-corrected chi connectivity index (χ0v) is 11.2. The first-order valence-corrected chi connectivity index (χ1v) is 6.94. The molecule has 1 aromatic rings. The first-order chi connectivity index (χ1) is 8.72. The Kier molecular flexibility index (Phi) is 4.79. The van der Waals surface area contributed by atoms with Crippen molar-refractivity contribution in [2.45, 2.75) is 32.1 Å². The van der Waals surface area contributed by atoms with E-state index in [0.717, 1.165) is 18.4 Å². The summed E-state index contributed by atoms with van der Waals surface area (Å²) in [5.74, 6) is 0.226. The third-order valence-corrected chi connectivity index (χ3v) is 4.02. The minimum atomic E-state index is -0.274. The fourth-order valence-corrected chi connectivity index (χ4v) is 2.87. The van der Waals surface area contributed by atoms with Crippen molar-refractivity contribution in [3.8, 4) is 0 Å². The second-order valence-corrected chi connectivity index (χ2v) is 5.30. The van der Waals surface area contributed by atoms with E-state index in [0.29, 0.717) is 23.0 Å². The van der Waals surface area contributed by atoms with Crippen LogP contribution >= 0.6 is 11.6 Å². The second kappa shape index (κ2) is 6.35. The zero-order chi connectivity index (χ0) is 13.0. The molecule has 0 bridgehead atoms. The summed E-state index contributed by atoms with van der Waals surface area (Å²) in [4.78, 5) is 0. The van der Waals surface area contributed by atoms with Crippen molar-refractivity contribution in [3.05, 3.63) is 40.2 Å². The molecule has 0 aromatic heterocycles. The summed E-state index contributed by atoms with van der Waals surface area (Å²) in [6.45, 7) is 0.481. The Labute approximate surface area is 113 Å². The smallest absolute Gasteiger partial charge is 0.131 e. The molecule has 1 nitrogen and oxygen atoms in total. The van der Waals surface area contributed by atoms with Gasteiger partial charge in [-0.3, -0.25) is 0 Å². The van der Waals surface area contributed by atoms with Gasteiger partial charge in [-0.15, -0.1) is 0 Å². The van der Waals surface area contributed by atoms with Gasteiger partial charge >= 0.3 is 0 Å². The van der Waals surface area contributed by atoms with Crippen LogP contribution in [0.5, 0.6) is 0 Å². The summed E-state index contributed by atoms with van der Waals surface area (Å²) in [7, 11) is 0. The van der Waals surface area contributed by atoms with E-state index >= 15 is 0 Å². The minimum absolute atomic E-state index is 0.274. The quantitative estimate of drug-likeness (QED) is 0.863. The molecule has 98 valence electrons. The number of nitrogens with two attached hydrogens (primary N) is 1. The van der Waals surface area contributed by atoms with E-state index in [2.05, 4.69) is 0 Å². The van der Waals surface area contributed by atoms with Crippen molar-refractivity contribution < 1.29 is 4.39 Å². The highest BCUT2D eigenvalue weighted by Crippen LogP contribution is 2.31. The largest absolute Gasteiger partial charge is 0.327 e. The van der Waals surface area contributed by atoms with Crippen LogP contribution in [0.15, 0.2) is 23.8 Å². The molecule has 2 N–H and O–H groups in total. The molecular weight excluding hydrogens is 249 g/mol. The van der Waals surface area contributed by atoms with Crippen LogP contribution in [0, 0.1) is 11.7 Å². The van der Waals surface area contributed by atoms with Crippen LogP contribution in [0.3, 0.4) is 0 Å². The van der Waals surface area contributed by atoms with Crippen molar-refractivity contribution in [1.82, 2.24) is 0 Å². The van der Waals surface area contributed by atoms with Gasteiger partial charge in [-0.2, -0.15) is 0 Å². The molecule has 0 spiro atoms. The molecule has 1 aliphatic rings. The molecule has 0 unspecified atom stereocenters. The van der Waals surface area contributed by atoms with Gasteiger partial charge in [0, 0.05) is 12.1 Å². The lowest BCUT2D eigenvalue weighted by molar-refractivity contribution is 0.401. The van der Waals surface area contributed by atoms with E-state index in [1.54, 1.807) is 12.1 Å². The van der Waals surface area contributed by atoms with E-state index in [4.69, 9.17) is 17.3 Å². The van der Waals surface area contributed by atoms with Gasteiger partial charge in [0.25, 0.3) is 0 Å². The van der Waals surface area contributed by atoms with Gasteiger partial charge in [-0.1, -0.05) is 42.5 Å². The average Bonchev–Trinajstić information content (AvgIpc) is 2.40. The van der Waals surface area contributed by atoms with Crippen molar-refractivity contribution in [3.63, 3.8) is 0 Å². The molecule has 1 aromatic carbocycles. The van der Waals surface area contributed by atoms with Crippen LogP contribution in [-0.4, -0.2) is 6.54 Å². The first-order valence-electron chi connectivity index (χ1n) is 6.57. The van der Waals surface area contributed by atoms with Gasteiger partial charge < -0.3 is 5.73 Å². The molecule has 0 atom stereocenters. The monoisotopic (exact) mass is 267 g/mol. The summed E-state index contributed by atoms with van der Waals surface area (Å²) in [6, 6.07) is 4.77. The summed E-state index contributed by atoms with van der Waals surface area (Å²) in [6.07, 6.45) is 7.96. The topological polar surface area (TPSA) is 26.0 Å². The predicted molar refractivity (Wildman–Crippen MR) is 75.0 cm³/mol. The predicted octanol–water partition coefficient (Wildman–Crippen LogP) is 4.40. The lowest BCUT2D eigenvalue weighted by Gasteiger charge is -2.24. The standard InChI is InChI=1S/C15H19ClFN/c16-14-7-4-8-15(17)13(14)9-12(10-18)11-5-2-1-3-6-11/h4,7-9,11H,1-3,5-6,10,18H2. The van der Waals surface area contributed by atoms with E-state index in [-0.39, 0.29) is 5.82 Å². The third-order valence-electron chi connectivity index (χ3n) is 3.69. The average molecular weight is 268 g/mol. The van der Waals surface area contributed by atoms with Crippen LogP contribution in [0.25, 0.3) is 6.08 Å². The third kappa shape index (κ3) is 3.12. The van der Waals surface area contributed by atoms with Crippen LogP contribution in [0.1, 0.15) is 37.7 Å². The molecular formula is C15H19ClFN. The van der Waals surface area contributed by atoms with Gasteiger partial charge in [0.1, 0.15) is 5.82 Å². The van der Waals surface area contributed by atoms with Gasteiger partial charge in [-0.25, -0.2) is 4.39 Å². The molecule has 0 radical (unpaired) electrons. The molecule has 1 saturated carbocycles. The van der Waals surface area contributed by atoms with Crippen LogP contribution in [-0.2, 0) is 0 Å². The highest BCUT2D eigenvalue weighted by atomic mass is 35.5. The van der Waals surface area contributed by atoms with Crippen LogP contribution < -0.4 is 5.73 Å². The van der Waals surface area contributed by atoms with E-state index in [9.17, 15) is 4.39 Å². The number of halogens is 2. The Bertz CT molecular complexity index is 416. The van der Waals surface area contributed by atoms with Crippen molar-refractivity contribution in [2.24, 2.45) is 11.7 Å². The first kappa shape index (κ1) is 13.6. The molecule has 18 heavy (non-hydrogen) atoms. The Morgan fingerprint density at radius 1 is 1.33 bits per heavy atom. The lowest BCUT2D eigenvalue weighted by atomic mass is 9.83. The lowest BCUT2D eigenvalue weighted by Crippen LogP contribution is -2.16. The van der Waals surface area contributed by atoms with Gasteiger partial charge in [-0.05, 0) is 37.0 Å². The van der Waals surface area contributed by atoms with Crippen molar-refractivity contribution in [2.75, 3.05) is 6.54 Å². The molecule has 1 aliphatic carbocycles. The molecule has 3 heteroatoms. The maximum Gasteiger partial charge on any atom is 0.131 e. The Morgan fingerprint density at radius 2 is 2.06 bits per heavy atom. The maximum absolute atomic E-state index is 13.7. The second-order valence-electron chi connectivity index (χ2n) is 4.89. The highest BCUT2D eigenvalue weighted by molar-refractivity contribution is 6.32. The summed E-state index contributed by atoms with van der Waals surface area (Å²) in [5.41, 5.74) is 7.42. The Morgan fingerprint density at radius 3 is 2.67 bits per heavy atom. The maximum atomic E-state index is 13.7. The molecule has 2 rings (SSSR count).